The number of methoxy groups -OCH3 is 1. The van der Waals surface area contributed by atoms with Crippen LogP contribution in [0, 0.1) is 0 Å². The number of rotatable bonds is 8. The molecule has 0 unspecified atom stereocenters. The number of carbonyl (C=O) groups excluding carboxylic acids is 1. The number of carboxylic acid groups (broad SMARTS) is 1. The van der Waals surface area contributed by atoms with E-state index in [2.05, 4.69) is 10.6 Å². The van der Waals surface area contributed by atoms with Crippen LogP contribution in [0.25, 0.3) is 0 Å². The molecule has 0 atom stereocenters. The van der Waals surface area contributed by atoms with Gasteiger partial charge in [-0.3, -0.25) is 9.69 Å². The first-order valence-electron chi connectivity index (χ1n) is 8.01. The molecule has 22 heavy (non-hydrogen) atoms. The molecule has 126 valence electrons. The molecule has 0 spiro atoms. The van der Waals surface area contributed by atoms with Crippen LogP contribution in [-0.4, -0.2) is 66.4 Å². The van der Waals surface area contributed by atoms with Gasteiger partial charge in [0.25, 0.3) is 0 Å². The Kier molecular flexibility index (Phi) is 5.63. The number of carbonyl (C=O) groups is 2. The molecule has 0 aromatic carbocycles. The summed E-state index contributed by atoms with van der Waals surface area (Å²) in [4.78, 5) is 24.8. The standard InChI is InChI=1S/C15H27N3O4/c1-3-18(9-13(19)20)12-7-11(8-12)16-14(21)17-15(10-22-2)5-4-6-15/h11-12H,3-10H2,1-2H3,(H,19,20)(H2,16,17,21). The highest BCUT2D eigenvalue weighted by Crippen LogP contribution is 2.32. The van der Waals surface area contributed by atoms with Crippen molar-refractivity contribution in [3.05, 3.63) is 0 Å². The molecule has 0 aliphatic heterocycles. The van der Waals surface area contributed by atoms with E-state index in [0.29, 0.717) is 13.2 Å². The molecule has 3 N–H and O–H groups in total. The van der Waals surface area contributed by atoms with E-state index in [1.807, 2.05) is 11.8 Å². The lowest BCUT2D eigenvalue weighted by Gasteiger charge is -2.44. The minimum atomic E-state index is -0.803. The summed E-state index contributed by atoms with van der Waals surface area (Å²) in [6, 6.07) is 0.247. The van der Waals surface area contributed by atoms with Gasteiger partial charge in [-0.05, 0) is 38.6 Å². The maximum absolute atomic E-state index is 12.1. The molecule has 0 aromatic rings. The van der Waals surface area contributed by atoms with Crippen LogP contribution < -0.4 is 10.6 Å². The number of amides is 2. The zero-order valence-electron chi connectivity index (χ0n) is 13.4. The minimum absolute atomic E-state index is 0.0665. The van der Waals surface area contributed by atoms with Gasteiger partial charge in [0.1, 0.15) is 0 Å². The summed E-state index contributed by atoms with van der Waals surface area (Å²) in [5.41, 5.74) is -0.194. The van der Waals surface area contributed by atoms with Crippen LogP contribution >= 0.6 is 0 Å². The Bertz CT molecular complexity index is 406. The van der Waals surface area contributed by atoms with E-state index < -0.39 is 5.97 Å². The number of aliphatic carboxylic acids is 1. The van der Waals surface area contributed by atoms with Gasteiger partial charge in [0.15, 0.2) is 0 Å². The summed E-state index contributed by atoms with van der Waals surface area (Å²) in [5, 5.41) is 14.9. The Morgan fingerprint density at radius 1 is 1.36 bits per heavy atom. The summed E-state index contributed by atoms with van der Waals surface area (Å²) in [5.74, 6) is -0.803. The summed E-state index contributed by atoms with van der Waals surface area (Å²) in [7, 11) is 1.65. The highest BCUT2D eigenvalue weighted by Gasteiger charge is 2.40. The van der Waals surface area contributed by atoms with E-state index in [9.17, 15) is 9.59 Å². The quantitative estimate of drug-likeness (QED) is 0.616. The summed E-state index contributed by atoms with van der Waals surface area (Å²) < 4.78 is 5.19. The predicted octanol–water partition coefficient (Wildman–Crippen LogP) is 0.792. The molecular weight excluding hydrogens is 286 g/mol. The first-order valence-corrected chi connectivity index (χ1v) is 8.01. The van der Waals surface area contributed by atoms with Crippen LogP contribution in [-0.2, 0) is 9.53 Å². The third-order valence-electron chi connectivity index (χ3n) is 4.82. The minimum Gasteiger partial charge on any atom is -0.480 e. The lowest BCUT2D eigenvalue weighted by Crippen LogP contribution is -2.62. The van der Waals surface area contributed by atoms with Crippen LogP contribution in [0.5, 0.6) is 0 Å². The van der Waals surface area contributed by atoms with Gasteiger partial charge in [0.05, 0.1) is 18.7 Å². The number of hydrogen-bond acceptors (Lipinski definition) is 4. The lowest BCUT2D eigenvalue weighted by molar-refractivity contribution is -0.139. The molecule has 7 nitrogen and oxygen atoms in total. The number of nitrogens with zero attached hydrogens (tertiary/aromatic N) is 1. The number of ether oxygens (including phenoxy) is 1. The fourth-order valence-corrected chi connectivity index (χ4v) is 3.32. The molecule has 0 radical (unpaired) electrons. The van der Waals surface area contributed by atoms with Crippen LogP contribution in [0.2, 0.25) is 0 Å². The smallest absolute Gasteiger partial charge is 0.317 e. The largest absolute Gasteiger partial charge is 0.480 e. The summed E-state index contributed by atoms with van der Waals surface area (Å²) >= 11 is 0. The molecule has 2 saturated carbocycles. The Morgan fingerprint density at radius 2 is 2.05 bits per heavy atom. The monoisotopic (exact) mass is 313 g/mol. The van der Waals surface area contributed by atoms with Crippen LogP contribution in [0.15, 0.2) is 0 Å². The summed E-state index contributed by atoms with van der Waals surface area (Å²) in [6.07, 6.45) is 4.67. The van der Waals surface area contributed by atoms with Crippen molar-refractivity contribution < 1.29 is 19.4 Å². The maximum atomic E-state index is 12.1. The van der Waals surface area contributed by atoms with Crippen molar-refractivity contribution >= 4 is 12.0 Å². The lowest BCUT2D eigenvalue weighted by atomic mass is 9.77. The third-order valence-corrected chi connectivity index (χ3v) is 4.82. The number of hydrogen-bond donors (Lipinski definition) is 3. The highest BCUT2D eigenvalue weighted by molar-refractivity contribution is 5.75. The maximum Gasteiger partial charge on any atom is 0.317 e. The number of nitrogens with one attached hydrogen (secondary N) is 2. The number of likely N-dealkylation sites (N-methyl/N-ethyl adjacent to an activating group) is 1. The molecule has 7 heteroatoms. The fraction of sp³-hybridized carbons (Fsp3) is 0.867. The van der Waals surface area contributed by atoms with Crippen molar-refractivity contribution in [1.29, 1.82) is 0 Å². The van der Waals surface area contributed by atoms with Gasteiger partial charge in [-0.1, -0.05) is 6.92 Å². The average molecular weight is 313 g/mol. The molecule has 2 aliphatic carbocycles. The molecule has 0 saturated heterocycles. The Hall–Kier alpha value is -1.34. The molecule has 2 aliphatic rings. The third kappa shape index (κ3) is 4.10. The molecule has 0 heterocycles. The van der Waals surface area contributed by atoms with E-state index in [-0.39, 0.29) is 30.2 Å². The molecular formula is C15H27N3O4. The van der Waals surface area contributed by atoms with Crippen molar-refractivity contribution in [3.8, 4) is 0 Å². The zero-order chi connectivity index (χ0) is 16.2. The van der Waals surface area contributed by atoms with Gasteiger partial charge < -0.3 is 20.5 Å². The Morgan fingerprint density at radius 3 is 2.50 bits per heavy atom. The van der Waals surface area contributed by atoms with E-state index in [1.165, 1.54) is 0 Å². The van der Waals surface area contributed by atoms with E-state index in [4.69, 9.17) is 9.84 Å². The SMILES string of the molecule is CCN(CC(=O)O)C1CC(NC(=O)NC2(COC)CCC2)C1. The molecule has 0 bridgehead atoms. The molecule has 2 amide bonds. The number of carboxylic acids is 1. The van der Waals surface area contributed by atoms with E-state index >= 15 is 0 Å². The van der Waals surface area contributed by atoms with Gasteiger partial charge in [-0.15, -0.1) is 0 Å². The Balaban J connectivity index is 1.70. The molecule has 0 aromatic heterocycles. The first-order chi connectivity index (χ1) is 10.5. The molecule has 2 rings (SSSR count). The Labute approximate surface area is 131 Å². The van der Waals surface area contributed by atoms with E-state index in [1.54, 1.807) is 7.11 Å². The number of urea groups is 1. The second-order valence-corrected chi connectivity index (χ2v) is 6.44. The van der Waals surface area contributed by atoms with Crippen molar-refractivity contribution in [2.75, 3.05) is 26.8 Å². The van der Waals surface area contributed by atoms with Gasteiger partial charge in [0.2, 0.25) is 0 Å². The highest BCUT2D eigenvalue weighted by atomic mass is 16.5. The average Bonchev–Trinajstić information content (AvgIpc) is 2.37. The summed E-state index contributed by atoms with van der Waals surface area (Å²) in [6.45, 7) is 3.29. The van der Waals surface area contributed by atoms with Crippen molar-refractivity contribution in [2.45, 2.75) is 56.7 Å². The fourth-order valence-electron chi connectivity index (χ4n) is 3.32. The van der Waals surface area contributed by atoms with Crippen LogP contribution in [0.4, 0.5) is 4.79 Å². The topological polar surface area (TPSA) is 90.9 Å². The van der Waals surface area contributed by atoms with Gasteiger partial charge in [0, 0.05) is 19.2 Å². The molecule has 2 fully saturated rings. The van der Waals surface area contributed by atoms with Gasteiger partial charge >= 0.3 is 12.0 Å². The second-order valence-electron chi connectivity index (χ2n) is 6.44. The van der Waals surface area contributed by atoms with Crippen LogP contribution in [0.1, 0.15) is 39.0 Å². The van der Waals surface area contributed by atoms with Gasteiger partial charge in [-0.2, -0.15) is 0 Å². The van der Waals surface area contributed by atoms with Gasteiger partial charge in [-0.25, -0.2) is 4.79 Å². The normalized spacial score (nSPS) is 26.0. The zero-order valence-corrected chi connectivity index (χ0v) is 13.4. The van der Waals surface area contributed by atoms with Crippen molar-refractivity contribution in [3.63, 3.8) is 0 Å². The van der Waals surface area contributed by atoms with E-state index in [0.717, 1.165) is 32.1 Å². The first kappa shape index (κ1) is 17.0. The van der Waals surface area contributed by atoms with Crippen molar-refractivity contribution in [1.82, 2.24) is 15.5 Å². The second kappa shape index (κ2) is 7.28. The predicted molar refractivity (Wildman–Crippen MR) is 81.8 cm³/mol. The van der Waals surface area contributed by atoms with Crippen LogP contribution in [0.3, 0.4) is 0 Å². The van der Waals surface area contributed by atoms with Crippen molar-refractivity contribution in [2.24, 2.45) is 0 Å².